The Hall–Kier alpha value is -1.52. The van der Waals surface area contributed by atoms with Gasteiger partial charge in [0.25, 0.3) is 0 Å². The zero-order chi connectivity index (χ0) is 19.8. The molecule has 2 saturated carbocycles. The number of carbonyl (C=O) groups is 2. The molecule has 158 valence electrons. The lowest BCUT2D eigenvalue weighted by atomic mass is 10.00. The Labute approximate surface area is 173 Å². The fourth-order valence-corrected chi connectivity index (χ4v) is 5.49. The molecule has 3 aliphatic rings. The Balaban J connectivity index is 0.00000280. The summed E-state index contributed by atoms with van der Waals surface area (Å²) < 4.78 is 0. The van der Waals surface area contributed by atoms with Crippen LogP contribution >= 0.6 is 12.4 Å². The normalized spacial score (nSPS) is 31.8. The first kappa shape index (κ1) is 22.8. The minimum atomic E-state index is -0.828. The van der Waals surface area contributed by atoms with Crippen molar-refractivity contribution in [2.75, 3.05) is 13.1 Å². The predicted molar refractivity (Wildman–Crippen MR) is 108 cm³/mol. The van der Waals surface area contributed by atoms with Gasteiger partial charge in [-0.05, 0) is 71.1 Å². The van der Waals surface area contributed by atoms with E-state index in [-0.39, 0.29) is 35.9 Å². The lowest BCUT2D eigenvalue weighted by molar-refractivity contribution is -0.130. The van der Waals surface area contributed by atoms with Crippen molar-refractivity contribution in [2.45, 2.75) is 83.0 Å². The summed E-state index contributed by atoms with van der Waals surface area (Å²) in [5.74, 6) is 1.09. The predicted octanol–water partition coefficient (Wildman–Crippen LogP) is 2.85. The Kier molecular flexibility index (Phi) is 7.22. The summed E-state index contributed by atoms with van der Waals surface area (Å²) >= 11 is 0. The van der Waals surface area contributed by atoms with Crippen LogP contribution in [0.4, 0.5) is 4.79 Å². The molecule has 1 aliphatic heterocycles. The van der Waals surface area contributed by atoms with E-state index in [2.05, 4.69) is 11.4 Å². The Morgan fingerprint density at radius 3 is 2.32 bits per heavy atom. The average molecular weight is 413 g/mol. The van der Waals surface area contributed by atoms with Crippen molar-refractivity contribution in [1.82, 2.24) is 15.1 Å². The van der Waals surface area contributed by atoms with Crippen LogP contribution in [-0.4, -0.2) is 63.7 Å². The highest BCUT2D eigenvalue weighted by Crippen LogP contribution is 2.46. The third-order valence-electron chi connectivity index (χ3n) is 6.55. The average Bonchev–Trinajstić information content (AvgIpc) is 3.24. The van der Waals surface area contributed by atoms with Crippen LogP contribution in [0.2, 0.25) is 0 Å². The number of halogens is 1. The van der Waals surface area contributed by atoms with Crippen molar-refractivity contribution in [1.29, 1.82) is 5.26 Å². The number of likely N-dealkylation sites (tertiary alicyclic amines) is 1. The lowest BCUT2D eigenvalue weighted by Crippen LogP contribution is -2.50. The molecule has 0 bridgehead atoms. The van der Waals surface area contributed by atoms with Gasteiger partial charge in [-0.1, -0.05) is 0 Å². The van der Waals surface area contributed by atoms with Crippen LogP contribution in [0, 0.1) is 23.2 Å². The quantitative estimate of drug-likeness (QED) is 0.740. The van der Waals surface area contributed by atoms with Gasteiger partial charge >= 0.3 is 6.09 Å². The Bertz CT molecular complexity index is 616. The molecule has 7 nitrogen and oxygen atoms in total. The SMILES string of the molecule is CC(C)(C)N(C(=O)O)C1CC2CC(NCC(=O)N3CCCC3C#N)CC2C1.Cl. The molecule has 3 fully saturated rings. The van der Waals surface area contributed by atoms with Gasteiger partial charge < -0.3 is 20.2 Å². The van der Waals surface area contributed by atoms with E-state index in [9.17, 15) is 14.7 Å². The van der Waals surface area contributed by atoms with Gasteiger partial charge in [0.2, 0.25) is 5.91 Å². The summed E-state index contributed by atoms with van der Waals surface area (Å²) in [6.07, 6.45) is 4.72. The second-order valence-electron chi connectivity index (χ2n) is 9.39. The Morgan fingerprint density at radius 1 is 1.21 bits per heavy atom. The van der Waals surface area contributed by atoms with E-state index in [1.165, 1.54) is 0 Å². The van der Waals surface area contributed by atoms with E-state index >= 15 is 0 Å². The molecule has 3 unspecified atom stereocenters. The molecule has 0 aromatic heterocycles. The highest BCUT2D eigenvalue weighted by Gasteiger charge is 2.46. The molecule has 0 aromatic carbocycles. The summed E-state index contributed by atoms with van der Waals surface area (Å²) in [7, 11) is 0. The minimum absolute atomic E-state index is 0. The molecule has 0 aromatic rings. The van der Waals surface area contributed by atoms with E-state index < -0.39 is 6.09 Å². The smallest absolute Gasteiger partial charge is 0.407 e. The topological polar surface area (TPSA) is 96.7 Å². The third kappa shape index (κ3) is 4.72. The summed E-state index contributed by atoms with van der Waals surface area (Å²) in [4.78, 5) is 27.4. The van der Waals surface area contributed by atoms with Crippen LogP contribution in [0.3, 0.4) is 0 Å². The van der Waals surface area contributed by atoms with Crippen molar-refractivity contribution in [2.24, 2.45) is 11.8 Å². The standard InChI is InChI=1S/C20H32N4O3.ClH/c1-20(2,3)24(19(26)27)17-9-13-7-15(8-14(13)10-17)22-12-18(25)23-6-4-5-16(23)11-21;/h13-17,22H,4-10,12H2,1-3H3,(H,26,27);1H. The van der Waals surface area contributed by atoms with Gasteiger partial charge in [-0.15, -0.1) is 12.4 Å². The van der Waals surface area contributed by atoms with Gasteiger partial charge in [0.1, 0.15) is 6.04 Å². The molecule has 2 aliphatic carbocycles. The molecule has 1 saturated heterocycles. The second-order valence-corrected chi connectivity index (χ2v) is 9.39. The van der Waals surface area contributed by atoms with E-state index in [0.717, 1.165) is 38.5 Å². The first-order valence-electron chi connectivity index (χ1n) is 10.2. The second kappa shape index (κ2) is 8.87. The number of nitrogens with one attached hydrogen (secondary N) is 1. The van der Waals surface area contributed by atoms with Gasteiger partial charge in [-0.25, -0.2) is 4.79 Å². The first-order chi connectivity index (χ1) is 12.7. The van der Waals surface area contributed by atoms with Crippen molar-refractivity contribution < 1.29 is 14.7 Å². The summed E-state index contributed by atoms with van der Waals surface area (Å²) in [5.41, 5.74) is -0.383. The number of amides is 2. The van der Waals surface area contributed by atoms with Crippen LogP contribution < -0.4 is 5.32 Å². The number of carboxylic acid groups (broad SMARTS) is 1. The zero-order valence-electron chi connectivity index (χ0n) is 17.1. The Morgan fingerprint density at radius 2 is 1.82 bits per heavy atom. The number of nitrogens with zero attached hydrogens (tertiary/aromatic N) is 3. The van der Waals surface area contributed by atoms with E-state index in [1.807, 2.05) is 20.8 Å². The molecule has 0 spiro atoms. The lowest BCUT2D eigenvalue weighted by Gasteiger charge is -2.38. The monoisotopic (exact) mass is 412 g/mol. The van der Waals surface area contributed by atoms with Crippen LogP contribution in [0.1, 0.15) is 59.3 Å². The molecular weight excluding hydrogens is 380 g/mol. The third-order valence-corrected chi connectivity index (χ3v) is 6.55. The molecule has 3 rings (SSSR count). The molecule has 0 radical (unpaired) electrons. The maximum atomic E-state index is 12.4. The fraction of sp³-hybridized carbons (Fsp3) is 0.850. The van der Waals surface area contributed by atoms with Crippen LogP contribution in [0.25, 0.3) is 0 Å². The van der Waals surface area contributed by atoms with E-state index in [0.29, 0.717) is 31.0 Å². The number of carbonyl (C=O) groups excluding carboxylic acids is 1. The van der Waals surface area contributed by atoms with Gasteiger partial charge in [0.15, 0.2) is 0 Å². The van der Waals surface area contributed by atoms with E-state index in [1.54, 1.807) is 9.80 Å². The number of rotatable bonds is 4. The van der Waals surface area contributed by atoms with Gasteiger partial charge in [0.05, 0.1) is 12.6 Å². The first-order valence-corrected chi connectivity index (χ1v) is 10.2. The van der Waals surface area contributed by atoms with Crippen molar-refractivity contribution in [3.8, 4) is 6.07 Å². The van der Waals surface area contributed by atoms with Gasteiger partial charge in [-0.3, -0.25) is 4.79 Å². The number of fused-ring (bicyclic) bond motifs is 1. The summed E-state index contributed by atoms with van der Waals surface area (Å²) in [6, 6.07) is 2.37. The molecule has 2 N–H and O–H groups in total. The van der Waals surface area contributed by atoms with E-state index in [4.69, 9.17) is 5.26 Å². The molecule has 1 heterocycles. The fourth-order valence-electron chi connectivity index (χ4n) is 5.49. The van der Waals surface area contributed by atoms with Gasteiger partial charge in [0, 0.05) is 24.2 Å². The summed E-state index contributed by atoms with van der Waals surface area (Å²) in [5, 5.41) is 22.2. The van der Waals surface area contributed by atoms with Crippen molar-refractivity contribution >= 4 is 24.4 Å². The molecule has 2 amide bonds. The van der Waals surface area contributed by atoms with Crippen molar-refractivity contribution in [3.63, 3.8) is 0 Å². The summed E-state index contributed by atoms with van der Waals surface area (Å²) in [6.45, 7) is 6.86. The molecule has 28 heavy (non-hydrogen) atoms. The molecule has 8 heteroatoms. The van der Waals surface area contributed by atoms with Crippen LogP contribution in [0.15, 0.2) is 0 Å². The van der Waals surface area contributed by atoms with Gasteiger partial charge in [-0.2, -0.15) is 5.26 Å². The minimum Gasteiger partial charge on any atom is -0.465 e. The highest BCUT2D eigenvalue weighted by atomic mass is 35.5. The number of hydrogen-bond acceptors (Lipinski definition) is 4. The van der Waals surface area contributed by atoms with Crippen molar-refractivity contribution in [3.05, 3.63) is 0 Å². The molecular formula is C20H33ClN4O3. The maximum Gasteiger partial charge on any atom is 0.407 e. The van der Waals surface area contributed by atoms with Crippen LogP contribution in [0.5, 0.6) is 0 Å². The number of nitriles is 1. The maximum absolute atomic E-state index is 12.4. The van der Waals surface area contributed by atoms with Crippen LogP contribution in [-0.2, 0) is 4.79 Å². The molecule has 3 atom stereocenters. The number of hydrogen-bond donors (Lipinski definition) is 2. The largest absolute Gasteiger partial charge is 0.465 e. The zero-order valence-corrected chi connectivity index (χ0v) is 17.9. The highest BCUT2D eigenvalue weighted by molar-refractivity contribution is 5.85.